The molecule has 0 aliphatic heterocycles. The van der Waals surface area contributed by atoms with Crippen LogP contribution in [0.1, 0.15) is 11.1 Å². The number of nitrogens with zero attached hydrogens (tertiary/aromatic N) is 3. The number of hydrogen-bond acceptors (Lipinski definition) is 4. The van der Waals surface area contributed by atoms with Crippen LogP contribution in [-0.4, -0.2) is 14.8 Å². The standard InChI is InChI=1S/C11H13FN4S/c1-7-3-4-9(12)5-8(7)6-17-11-15-14-10(13)16(11)2/h3-5H,6H2,1-2H3,(H2,13,14). The Hall–Kier alpha value is -1.56. The van der Waals surface area contributed by atoms with Crippen molar-refractivity contribution in [2.75, 3.05) is 5.73 Å². The topological polar surface area (TPSA) is 56.7 Å². The van der Waals surface area contributed by atoms with Crippen LogP contribution in [0.2, 0.25) is 0 Å². The van der Waals surface area contributed by atoms with E-state index in [2.05, 4.69) is 10.2 Å². The van der Waals surface area contributed by atoms with Gasteiger partial charge in [0.15, 0.2) is 5.16 Å². The molecule has 2 aromatic rings. The molecule has 0 unspecified atom stereocenters. The molecule has 0 amide bonds. The van der Waals surface area contributed by atoms with Gasteiger partial charge in [0.25, 0.3) is 0 Å². The molecule has 0 spiro atoms. The van der Waals surface area contributed by atoms with Crippen LogP contribution >= 0.6 is 11.8 Å². The maximum atomic E-state index is 13.1. The highest BCUT2D eigenvalue weighted by molar-refractivity contribution is 7.98. The molecule has 2 rings (SSSR count). The number of hydrogen-bond donors (Lipinski definition) is 1. The van der Waals surface area contributed by atoms with Crippen LogP contribution in [0.15, 0.2) is 23.4 Å². The lowest BCUT2D eigenvalue weighted by atomic mass is 10.1. The molecule has 6 heteroatoms. The summed E-state index contributed by atoms with van der Waals surface area (Å²) in [6.45, 7) is 1.96. The summed E-state index contributed by atoms with van der Waals surface area (Å²) in [5.41, 5.74) is 7.60. The zero-order valence-electron chi connectivity index (χ0n) is 9.64. The lowest BCUT2D eigenvalue weighted by Crippen LogP contribution is -1.98. The molecule has 0 atom stereocenters. The number of thioether (sulfide) groups is 1. The minimum atomic E-state index is -0.219. The first-order valence-electron chi connectivity index (χ1n) is 5.10. The Bertz CT molecular complexity index is 538. The quantitative estimate of drug-likeness (QED) is 0.850. The largest absolute Gasteiger partial charge is 0.368 e. The van der Waals surface area contributed by atoms with Gasteiger partial charge in [0, 0.05) is 12.8 Å². The molecule has 4 nitrogen and oxygen atoms in total. The average molecular weight is 252 g/mol. The van der Waals surface area contributed by atoms with Gasteiger partial charge in [0.2, 0.25) is 5.95 Å². The summed E-state index contributed by atoms with van der Waals surface area (Å²) < 4.78 is 14.8. The third-order valence-electron chi connectivity index (χ3n) is 2.54. The molecule has 17 heavy (non-hydrogen) atoms. The smallest absolute Gasteiger partial charge is 0.222 e. The van der Waals surface area contributed by atoms with Crippen molar-refractivity contribution in [3.63, 3.8) is 0 Å². The fourth-order valence-electron chi connectivity index (χ4n) is 1.39. The second-order valence-corrected chi connectivity index (χ2v) is 4.70. The molecular formula is C11H13FN4S. The Morgan fingerprint density at radius 2 is 2.18 bits per heavy atom. The SMILES string of the molecule is Cc1ccc(F)cc1CSc1nnc(N)n1C. The molecule has 0 fully saturated rings. The molecule has 0 radical (unpaired) electrons. The van der Waals surface area contributed by atoms with Gasteiger partial charge in [-0.3, -0.25) is 4.57 Å². The minimum absolute atomic E-state index is 0.219. The second kappa shape index (κ2) is 4.75. The maximum Gasteiger partial charge on any atom is 0.222 e. The number of aromatic nitrogens is 3. The average Bonchev–Trinajstić information content (AvgIpc) is 2.62. The number of anilines is 1. The van der Waals surface area contributed by atoms with Crippen molar-refractivity contribution in [2.24, 2.45) is 7.05 Å². The maximum absolute atomic E-state index is 13.1. The van der Waals surface area contributed by atoms with Gasteiger partial charge in [0.05, 0.1) is 0 Å². The summed E-state index contributed by atoms with van der Waals surface area (Å²) in [4.78, 5) is 0. The van der Waals surface area contributed by atoms with Crippen molar-refractivity contribution in [1.82, 2.24) is 14.8 Å². The van der Waals surface area contributed by atoms with Gasteiger partial charge in [-0.05, 0) is 30.2 Å². The highest BCUT2D eigenvalue weighted by Crippen LogP contribution is 2.23. The molecule has 90 valence electrons. The molecular weight excluding hydrogens is 239 g/mol. The van der Waals surface area contributed by atoms with Gasteiger partial charge in [-0.15, -0.1) is 10.2 Å². The number of nitrogen functional groups attached to an aromatic ring is 1. The molecule has 2 N–H and O–H groups in total. The van der Waals surface area contributed by atoms with Crippen LogP contribution in [0.4, 0.5) is 10.3 Å². The zero-order valence-corrected chi connectivity index (χ0v) is 10.5. The first-order valence-corrected chi connectivity index (χ1v) is 6.09. The number of benzene rings is 1. The van der Waals surface area contributed by atoms with E-state index in [1.165, 1.54) is 17.8 Å². The van der Waals surface area contributed by atoms with Gasteiger partial charge in [-0.25, -0.2) is 4.39 Å². The monoisotopic (exact) mass is 252 g/mol. The van der Waals surface area contributed by atoms with E-state index in [0.717, 1.165) is 16.3 Å². The van der Waals surface area contributed by atoms with E-state index < -0.39 is 0 Å². The first kappa shape index (κ1) is 11.9. The molecule has 1 heterocycles. The van der Waals surface area contributed by atoms with Crippen molar-refractivity contribution in [1.29, 1.82) is 0 Å². The van der Waals surface area contributed by atoms with Crippen molar-refractivity contribution in [3.05, 3.63) is 35.1 Å². The molecule has 0 saturated carbocycles. The fourth-order valence-corrected chi connectivity index (χ4v) is 2.37. The fraction of sp³-hybridized carbons (Fsp3) is 0.273. The third kappa shape index (κ3) is 2.58. The third-order valence-corrected chi connectivity index (χ3v) is 3.61. The highest BCUT2D eigenvalue weighted by atomic mass is 32.2. The Labute approximate surface area is 103 Å². The zero-order chi connectivity index (χ0) is 12.4. The summed E-state index contributed by atoms with van der Waals surface area (Å²) in [5, 5.41) is 8.43. The summed E-state index contributed by atoms with van der Waals surface area (Å²) >= 11 is 1.49. The van der Waals surface area contributed by atoms with Crippen LogP contribution in [0, 0.1) is 12.7 Å². The molecule has 1 aromatic carbocycles. The van der Waals surface area contributed by atoms with Crippen molar-refractivity contribution in [2.45, 2.75) is 17.8 Å². The van der Waals surface area contributed by atoms with Crippen LogP contribution in [0.5, 0.6) is 0 Å². The van der Waals surface area contributed by atoms with Crippen LogP contribution in [-0.2, 0) is 12.8 Å². The summed E-state index contributed by atoms with van der Waals surface area (Å²) in [7, 11) is 1.80. The predicted molar refractivity (Wildman–Crippen MR) is 66.1 cm³/mol. The molecule has 1 aromatic heterocycles. The van der Waals surface area contributed by atoms with Crippen molar-refractivity contribution in [3.8, 4) is 0 Å². The summed E-state index contributed by atoms with van der Waals surface area (Å²) in [5.74, 6) is 0.808. The van der Waals surface area contributed by atoms with Gasteiger partial charge in [0.1, 0.15) is 5.82 Å². The van der Waals surface area contributed by atoms with Crippen molar-refractivity contribution >= 4 is 17.7 Å². The molecule has 0 saturated heterocycles. The van der Waals surface area contributed by atoms with E-state index in [-0.39, 0.29) is 5.82 Å². The Kier molecular flexibility index (Phi) is 3.33. The van der Waals surface area contributed by atoms with E-state index >= 15 is 0 Å². The Morgan fingerprint density at radius 1 is 1.41 bits per heavy atom. The summed E-state index contributed by atoms with van der Waals surface area (Å²) in [6.07, 6.45) is 0. The molecule has 0 bridgehead atoms. The number of halogens is 1. The lowest BCUT2D eigenvalue weighted by Gasteiger charge is -2.05. The van der Waals surface area contributed by atoms with Crippen LogP contribution in [0.3, 0.4) is 0 Å². The highest BCUT2D eigenvalue weighted by Gasteiger charge is 2.08. The minimum Gasteiger partial charge on any atom is -0.368 e. The van der Waals surface area contributed by atoms with Crippen LogP contribution < -0.4 is 5.73 Å². The Balaban J connectivity index is 2.12. The molecule has 0 aliphatic carbocycles. The van der Waals surface area contributed by atoms with Crippen LogP contribution in [0.25, 0.3) is 0 Å². The number of rotatable bonds is 3. The van der Waals surface area contributed by atoms with Gasteiger partial charge >= 0.3 is 0 Å². The van der Waals surface area contributed by atoms with E-state index in [9.17, 15) is 4.39 Å². The number of aryl methyl sites for hydroxylation is 1. The van der Waals surface area contributed by atoms with Crippen molar-refractivity contribution < 1.29 is 4.39 Å². The van der Waals surface area contributed by atoms with Gasteiger partial charge < -0.3 is 5.73 Å². The Morgan fingerprint density at radius 3 is 2.82 bits per heavy atom. The van der Waals surface area contributed by atoms with E-state index in [0.29, 0.717) is 11.7 Å². The summed E-state index contributed by atoms with van der Waals surface area (Å²) in [6, 6.07) is 4.78. The normalized spacial score (nSPS) is 10.8. The first-order chi connectivity index (χ1) is 8.08. The van der Waals surface area contributed by atoms with E-state index in [4.69, 9.17) is 5.73 Å². The van der Waals surface area contributed by atoms with Gasteiger partial charge in [-0.2, -0.15) is 0 Å². The predicted octanol–water partition coefficient (Wildman–Crippen LogP) is 2.14. The number of nitrogens with two attached hydrogens (primary N) is 1. The van der Waals surface area contributed by atoms with Gasteiger partial charge in [-0.1, -0.05) is 17.8 Å². The van der Waals surface area contributed by atoms with E-state index in [1.54, 1.807) is 23.7 Å². The molecule has 0 aliphatic rings. The van der Waals surface area contributed by atoms with E-state index in [1.807, 2.05) is 6.92 Å². The lowest BCUT2D eigenvalue weighted by molar-refractivity contribution is 0.626. The second-order valence-electron chi connectivity index (χ2n) is 3.76.